The van der Waals surface area contributed by atoms with Gasteiger partial charge in [0.25, 0.3) is 5.91 Å². The Morgan fingerprint density at radius 3 is 2.42 bits per heavy atom. The highest BCUT2D eigenvalue weighted by molar-refractivity contribution is 6.05. The molecule has 0 bridgehead atoms. The van der Waals surface area contributed by atoms with E-state index in [1.807, 2.05) is 43.3 Å². The highest BCUT2D eigenvalue weighted by Crippen LogP contribution is 2.24. The molecule has 0 spiro atoms. The molecule has 122 valence electrons. The van der Waals surface area contributed by atoms with Gasteiger partial charge in [-0.25, -0.2) is 0 Å². The van der Waals surface area contributed by atoms with Crippen molar-refractivity contribution in [1.29, 1.82) is 0 Å². The zero-order valence-electron chi connectivity index (χ0n) is 13.8. The zero-order chi connectivity index (χ0) is 17.1. The molecule has 5 heteroatoms. The molecule has 1 N–H and O–H groups in total. The van der Waals surface area contributed by atoms with Crippen molar-refractivity contribution in [3.05, 3.63) is 71.1 Å². The zero-order valence-corrected chi connectivity index (χ0v) is 13.8. The van der Waals surface area contributed by atoms with Crippen LogP contribution in [0.1, 0.15) is 27.4 Å². The van der Waals surface area contributed by atoms with Crippen LogP contribution < -0.4 is 10.1 Å². The maximum Gasteiger partial charge on any atom is 0.261 e. The topological polar surface area (TPSA) is 64.4 Å². The molecule has 0 atom stereocenters. The van der Waals surface area contributed by atoms with Crippen LogP contribution in [-0.2, 0) is 0 Å². The number of hydrogen-bond donors (Lipinski definition) is 1. The molecular weight excluding hydrogens is 304 g/mol. The predicted molar refractivity (Wildman–Crippen MR) is 91.6 cm³/mol. The lowest BCUT2D eigenvalue weighted by molar-refractivity contribution is 0.102. The number of aromatic nitrogens is 1. The van der Waals surface area contributed by atoms with Crippen molar-refractivity contribution < 1.29 is 14.1 Å². The molecule has 5 nitrogen and oxygen atoms in total. The van der Waals surface area contributed by atoms with Gasteiger partial charge < -0.3 is 14.6 Å². The minimum atomic E-state index is -0.237. The molecule has 3 aromatic rings. The van der Waals surface area contributed by atoms with E-state index in [2.05, 4.69) is 10.5 Å². The van der Waals surface area contributed by atoms with Gasteiger partial charge in [0.1, 0.15) is 22.8 Å². The van der Waals surface area contributed by atoms with Gasteiger partial charge in [-0.3, -0.25) is 4.79 Å². The van der Waals surface area contributed by atoms with Crippen LogP contribution in [0.25, 0.3) is 0 Å². The van der Waals surface area contributed by atoms with Crippen LogP contribution >= 0.6 is 0 Å². The van der Waals surface area contributed by atoms with Crippen molar-refractivity contribution in [2.24, 2.45) is 0 Å². The predicted octanol–water partition coefficient (Wildman–Crippen LogP) is 4.64. The third-order valence-corrected chi connectivity index (χ3v) is 3.60. The van der Waals surface area contributed by atoms with E-state index < -0.39 is 0 Å². The van der Waals surface area contributed by atoms with Gasteiger partial charge in [0.05, 0.1) is 5.69 Å². The monoisotopic (exact) mass is 322 g/mol. The summed E-state index contributed by atoms with van der Waals surface area (Å²) in [5.74, 6) is 1.75. The maximum atomic E-state index is 12.3. The van der Waals surface area contributed by atoms with Gasteiger partial charge in [0.15, 0.2) is 0 Å². The lowest BCUT2D eigenvalue weighted by Gasteiger charge is -2.08. The van der Waals surface area contributed by atoms with Crippen molar-refractivity contribution in [3.8, 4) is 11.5 Å². The summed E-state index contributed by atoms with van der Waals surface area (Å²) in [7, 11) is 0. The Kier molecular flexibility index (Phi) is 4.33. The molecule has 0 aliphatic carbocycles. The number of carbonyl (C=O) groups excluding carboxylic acids is 1. The van der Waals surface area contributed by atoms with E-state index in [0.29, 0.717) is 28.5 Å². The molecule has 24 heavy (non-hydrogen) atoms. The van der Waals surface area contributed by atoms with Crippen molar-refractivity contribution >= 4 is 11.6 Å². The number of benzene rings is 2. The molecule has 1 heterocycles. The Balaban J connectivity index is 1.69. The first-order valence-electron chi connectivity index (χ1n) is 7.62. The Hall–Kier alpha value is -3.08. The number of nitrogens with zero attached hydrogens (tertiary/aromatic N) is 1. The van der Waals surface area contributed by atoms with Crippen LogP contribution in [0.5, 0.6) is 11.5 Å². The summed E-state index contributed by atoms with van der Waals surface area (Å²) < 4.78 is 10.8. The van der Waals surface area contributed by atoms with Crippen LogP contribution in [0.15, 0.2) is 53.1 Å². The summed E-state index contributed by atoms with van der Waals surface area (Å²) >= 11 is 0. The fraction of sp³-hybridized carbons (Fsp3) is 0.158. The molecule has 0 saturated heterocycles. The highest BCUT2D eigenvalue weighted by Gasteiger charge is 2.17. The van der Waals surface area contributed by atoms with Gasteiger partial charge in [0, 0.05) is 5.69 Å². The Morgan fingerprint density at radius 2 is 1.79 bits per heavy atom. The second-order valence-electron chi connectivity index (χ2n) is 5.60. The van der Waals surface area contributed by atoms with E-state index in [-0.39, 0.29) is 5.91 Å². The van der Waals surface area contributed by atoms with Crippen LogP contribution in [0.4, 0.5) is 5.69 Å². The first kappa shape index (κ1) is 15.8. The van der Waals surface area contributed by atoms with Crippen LogP contribution in [0.3, 0.4) is 0 Å². The molecule has 2 aromatic carbocycles. The van der Waals surface area contributed by atoms with Crippen molar-refractivity contribution in [3.63, 3.8) is 0 Å². The number of amides is 1. The van der Waals surface area contributed by atoms with Crippen LogP contribution in [-0.4, -0.2) is 11.1 Å². The largest absolute Gasteiger partial charge is 0.457 e. The number of carbonyl (C=O) groups is 1. The van der Waals surface area contributed by atoms with Gasteiger partial charge in [-0.05, 0) is 62.7 Å². The third kappa shape index (κ3) is 3.46. The molecule has 0 unspecified atom stereocenters. The fourth-order valence-corrected chi connectivity index (χ4v) is 2.42. The van der Waals surface area contributed by atoms with E-state index >= 15 is 0 Å². The lowest BCUT2D eigenvalue weighted by Crippen LogP contribution is -2.13. The van der Waals surface area contributed by atoms with E-state index in [0.717, 1.165) is 11.3 Å². The summed E-state index contributed by atoms with van der Waals surface area (Å²) in [4.78, 5) is 12.3. The molecular formula is C19H18N2O3. The third-order valence-electron chi connectivity index (χ3n) is 3.60. The Morgan fingerprint density at radius 1 is 1.04 bits per heavy atom. The van der Waals surface area contributed by atoms with Gasteiger partial charge in [-0.15, -0.1) is 0 Å². The summed E-state index contributed by atoms with van der Waals surface area (Å²) in [6.07, 6.45) is 0. The Labute approximate surface area is 140 Å². The number of ether oxygens (including phenoxy) is 1. The molecule has 0 aliphatic rings. The second-order valence-corrected chi connectivity index (χ2v) is 5.60. The molecule has 1 aromatic heterocycles. The second kappa shape index (κ2) is 6.58. The number of nitrogens with one attached hydrogen (secondary N) is 1. The van der Waals surface area contributed by atoms with Crippen molar-refractivity contribution in [2.75, 3.05) is 5.32 Å². The molecule has 0 radical (unpaired) electrons. The summed E-state index contributed by atoms with van der Waals surface area (Å²) in [5, 5.41) is 6.62. The van der Waals surface area contributed by atoms with E-state index in [1.165, 1.54) is 0 Å². The van der Waals surface area contributed by atoms with Gasteiger partial charge in [0.2, 0.25) is 0 Å². The first-order chi connectivity index (χ1) is 11.5. The summed E-state index contributed by atoms with van der Waals surface area (Å²) in [6.45, 7) is 5.47. The molecule has 1 amide bonds. The van der Waals surface area contributed by atoms with Crippen LogP contribution in [0, 0.1) is 20.8 Å². The van der Waals surface area contributed by atoms with Crippen molar-refractivity contribution in [1.82, 2.24) is 5.16 Å². The lowest BCUT2D eigenvalue weighted by atomic mass is 10.2. The molecule has 0 fully saturated rings. The van der Waals surface area contributed by atoms with Gasteiger partial charge >= 0.3 is 0 Å². The molecule has 0 saturated carbocycles. The fourth-order valence-electron chi connectivity index (χ4n) is 2.42. The van der Waals surface area contributed by atoms with Gasteiger partial charge in [-0.2, -0.15) is 0 Å². The van der Waals surface area contributed by atoms with E-state index in [1.54, 1.807) is 26.0 Å². The van der Waals surface area contributed by atoms with E-state index in [9.17, 15) is 4.79 Å². The molecule has 3 rings (SSSR count). The average Bonchev–Trinajstić information content (AvgIpc) is 2.88. The van der Waals surface area contributed by atoms with E-state index in [4.69, 9.17) is 9.26 Å². The quantitative estimate of drug-likeness (QED) is 0.759. The van der Waals surface area contributed by atoms with Crippen LogP contribution in [0.2, 0.25) is 0 Å². The minimum Gasteiger partial charge on any atom is -0.457 e. The Bertz CT molecular complexity index is 847. The summed E-state index contributed by atoms with van der Waals surface area (Å²) in [6, 6.07) is 15.0. The van der Waals surface area contributed by atoms with Gasteiger partial charge in [-0.1, -0.05) is 17.3 Å². The number of hydrogen-bond acceptors (Lipinski definition) is 4. The maximum absolute atomic E-state index is 12.3. The standard InChI is InChI=1S/C19H18N2O3/c1-12-5-4-6-17(11-12)23-16-9-7-15(8-10-16)20-19(22)18-13(2)21-24-14(18)3/h4-11H,1-3H3,(H,20,22). The number of anilines is 1. The molecule has 0 aliphatic heterocycles. The number of aryl methyl sites for hydroxylation is 3. The summed E-state index contributed by atoms with van der Waals surface area (Å²) in [5.41, 5.74) is 2.85. The van der Waals surface area contributed by atoms with Crippen molar-refractivity contribution in [2.45, 2.75) is 20.8 Å². The average molecular weight is 322 g/mol. The highest BCUT2D eigenvalue weighted by atomic mass is 16.5. The normalized spacial score (nSPS) is 10.5. The smallest absolute Gasteiger partial charge is 0.261 e. The SMILES string of the molecule is Cc1cccc(Oc2ccc(NC(=O)c3c(C)noc3C)cc2)c1. The first-order valence-corrected chi connectivity index (χ1v) is 7.62. The number of rotatable bonds is 4. The minimum absolute atomic E-state index is 0.237.